The van der Waals surface area contributed by atoms with Crippen molar-refractivity contribution in [2.75, 3.05) is 24.6 Å². The van der Waals surface area contributed by atoms with Gasteiger partial charge in [0, 0.05) is 18.7 Å². The van der Waals surface area contributed by atoms with Crippen LogP contribution in [0.2, 0.25) is 0 Å². The second kappa shape index (κ2) is 11.5. The summed E-state index contributed by atoms with van der Waals surface area (Å²) in [5.74, 6) is 1.14. The lowest BCUT2D eigenvalue weighted by Crippen LogP contribution is -2.42. The summed E-state index contributed by atoms with van der Waals surface area (Å²) in [4.78, 5) is 20.5. The van der Waals surface area contributed by atoms with E-state index in [-0.39, 0.29) is 10.8 Å². The van der Waals surface area contributed by atoms with Crippen molar-refractivity contribution in [3.05, 3.63) is 83.9 Å². The lowest BCUT2D eigenvalue weighted by Gasteiger charge is -2.34. The first-order valence-electron chi connectivity index (χ1n) is 13.2. The van der Waals surface area contributed by atoms with Crippen LogP contribution in [-0.4, -0.2) is 43.3 Å². The van der Waals surface area contributed by atoms with E-state index in [4.69, 9.17) is 9.72 Å². The molecule has 0 saturated carbocycles. The first-order valence-corrected chi connectivity index (χ1v) is 15.5. The molecule has 1 amide bonds. The lowest BCUT2D eigenvalue weighted by molar-refractivity contribution is 0.0985. The standard InChI is InChI=1S/C30H33N3O4S2/c1-4-37-25-12-15-27-28(17-25)38-30(31-27)33(20-23-8-6-5-7-9-23)29(34)24-10-13-26(14-11-24)39(35,36)32-18-21(2)16-22(3)19-32/h5-15,17,21-22H,4,16,18-20H2,1-3H3. The average molecular weight is 564 g/mol. The van der Waals surface area contributed by atoms with Gasteiger partial charge < -0.3 is 4.74 Å². The number of benzene rings is 3. The quantitative estimate of drug-likeness (QED) is 0.255. The highest BCUT2D eigenvalue weighted by atomic mass is 32.2. The minimum atomic E-state index is -3.63. The van der Waals surface area contributed by atoms with Gasteiger partial charge in [-0.05, 0) is 73.2 Å². The predicted octanol–water partition coefficient (Wildman–Crippen LogP) is 6.21. The summed E-state index contributed by atoms with van der Waals surface area (Å²) in [6, 6.07) is 21.7. The number of piperidine rings is 1. The van der Waals surface area contributed by atoms with Crippen molar-refractivity contribution in [1.82, 2.24) is 9.29 Å². The molecule has 4 aromatic rings. The first kappa shape index (κ1) is 27.3. The van der Waals surface area contributed by atoms with Gasteiger partial charge in [-0.15, -0.1) is 0 Å². The van der Waals surface area contributed by atoms with Gasteiger partial charge in [0.15, 0.2) is 5.13 Å². The van der Waals surface area contributed by atoms with E-state index in [2.05, 4.69) is 13.8 Å². The van der Waals surface area contributed by atoms with E-state index in [9.17, 15) is 13.2 Å². The molecule has 39 heavy (non-hydrogen) atoms. The number of nitrogens with zero attached hydrogens (tertiary/aromatic N) is 3. The van der Waals surface area contributed by atoms with Crippen LogP contribution < -0.4 is 9.64 Å². The van der Waals surface area contributed by atoms with E-state index in [1.54, 1.807) is 33.5 Å². The molecule has 1 aliphatic heterocycles. The van der Waals surface area contributed by atoms with Crippen LogP contribution in [0.15, 0.2) is 77.7 Å². The fraction of sp³-hybridized carbons (Fsp3) is 0.333. The monoisotopic (exact) mass is 563 g/mol. The molecule has 7 nitrogen and oxygen atoms in total. The third-order valence-corrected chi connectivity index (χ3v) is 9.78. The van der Waals surface area contributed by atoms with Crippen LogP contribution in [0.1, 0.15) is 43.1 Å². The smallest absolute Gasteiger partial charge is 0.260 e. The molecular weight excluding hydrogens is 530 g/mol. The van der Waals surface area contributed by atoms with Gasteiger partial charge in [0.1, 0.15) is 5.75 Å². The molecule has 1 saturated heterocycles. The number of rotatable bonds is 8. The Morgan fingerprint density at radius 1 is 1.03 bits per heavy atom. The third kappa shape index (κ3) is 6.00. The van der Waals surface area contributed by atoms with E-state index >= 15 is 0 Å². The number of carbonyl (C=O) groups is 1. The van der Waals surface area contributed by atoms with Crippen LogP contribution in [0.3, 0.4) is 0 Å². The normalized spacial score (nSPS) is 18.2. The second-order valence-electron chi connectivity index (χ2n) is 10.2. The summed E-state index contributed by atoms with van der Waals surface area (Å²) >= 11 is 1.43. The molecule has 0 radical (unpaired) electrons. The number of hydrogen-bond acceptors (Lipinski definition) is 6. The molecule has 1 aliphatic rings. The molecule has 3 aromatic carbocycles. The van der Waals surface area contributed by atoms with E-state index in [1.165, 1.54) is 11.3 Å². The molecule has 0 N–H and O–H groups in total. The Labute approximate surface area is 234 Å². The van der Waals surface area contributed by atoms with Gasteiger partial charge >= 0.3 is 0 Å². The largest absolute Gasteiger partial charge is 0.494 e. The van der Waals surface area contributed by atoms with Crippen molar-refractivity contribution < 1.29 is 17.9 Å². The van der Waals surface area contributed by atoms with E-state index in [0.29, 0.717) is 48.8 Å². The second-order valence-corrected chi connectivity index (χ2v) is 13.2. The predicted molar refractivity (Wildman–Crippen MR) is 156 cm³/mol. The lowest BCUT2D eigenvalue weighted by atomic mass is 9.94. The minimum Gasteiger partial charge on any atom is -0.494 e. The number of ether oxygens (including phenoxy) is 1. The van der Waals surface area contributed by atoms with Gasteiger partial charge in [0.2, 0.25) is 10.0 Å². The van der Waals surface area contributed by atoms with Crippen molar-refractivity contribution in [2.24, 2.45) is 11.8 Å². The third-order valence-electron chi connectivity index (χ3n) is 6.89. The molecule has 2 atom stereocenters. The molecular formula is C30H33N3O4S2. The van der Waals surface area contributed by atoms with Crippen molar-refractivity contribution >= 4 is 42.6 Å². The topological polar surface area (TPSA) is 79.8 Å². The van der Waals surface area contributed by atoms with Gasteiger partial charge in [0.25, 0.3) is 5.91 Å². The van der Waals surface area contributed by atoms with Crippen molar-refractivity contribution in [1.29, 1.82) is 0 Å². The SMILES string of the molecule is CCOc1ccc2nc(N(Cc3ccccc3)C(=O)c3ccc(S(=O)(=O)N4CC(C)CC(C)C4)cc3)sc2c1. The molecule has 0 aliphatic carbocycles. The van der Waals surface area contributed by atoms with Gasteiger partial charge in [-0.2, -0.15) is 4.31 Å². The van der Waals surface area contributed by atoms with E-state index < -0.39 is 10.0 Å². The Morgan fingerprint density at radius 3 is 2.38 bits per heavy atom. The first-order chi connectivity index (χ1) is 18.7. The molecule has 2 heterocycles. The highest BCUT2D eigenvalue weighted by molar-refractivity contribution is 7.89. The summed E-state index contributed by atoms with van der Waals surface area (Å²) in [5, 5.41) is 0.570. The molecule has 0 bridgehead atoms. The highest BCUT2D eigenvalue weighted by Gasteiger charge is 2.32. The zero-order valence-corrected chi connectivity index (χ0v) is 24.0. The molecule has 5 rings (SSSR count). The zero-order valence-electron chi connectivity index (χ0n) is 22.4. The van der Waals surface area contributed by atoms with Crippen molar-refractivity contribution in [3.63, 3.8) is 0 Å². The minimum absolute atomic E-state index is 0.207. The van der Waals surface area contributed by atoms with Crippen molar-refractivity contribution in [3.8, 4) is 5.75 Å². The Balaban J connectivity index is 1.45. The number of amides is 1. The summed E-state index contributed by atoms with van der Waals surface area (Å²) in [6.07, 6.45) is 1.02. The zero-order chi connectivity index (χ0) is 27.6. The number of thiazole rings is 1. The van der Waals surface area contributed by atoms with Gasteiger partial charge in [-0.1, -0.05) is 55.5 Å². The Morgan fingerprint density at radius 2 is 1.72 bits per heavy atom. The van der Waals surface area contributed by atoms with Crippen LogP contribution in [0, 0.1) is 11.8 Å². The van der Waals surface area contributed by atoms with Crippen LogP contribution >= 0.6 is 11.3 Å². The summed E-state index contributed by atoms with van der Waals surface area (Å²) < 4.78 is 34.8. The number of aromatic nitrogens is 1. The van der Waals surface area contributed by atoms with Gasteiger partial charge in [-0.3, -0.25) is 9.69 Å². The fourth-order valence-corrected chi connectivity index (χ4v) is 7.80. The summed E-state index contributed by atoms with van der Waals surface area (Å²) in [7, 11) is -3.63. The van der Waals surface area contributed by atoms with Crippen LogP contribution in [-0.2, 0) is 16.6 Å². The Hall–Kier alpha value is -3.27. The molecule has 1 aromatic heterocycles. The molecule has 2 unspecified atom stereocenters. The van der Waals surface area contributed by atoms with E-state index in [0.717, 1.165) is 28.0 Å². The van der Waals surface area contributed by atoms with Crippen LogP contribution in [0.25, 0.3) is 10.2 Å². The van der Waals surface area contributed by atoms with Crippen LogP contribution in [0.5, 0.6) is 5.75 Å². The number of hydrogen-bond donors (Lipinski definition) is 0. The fourth-order valence-electron chi connectivity index (χ4n) is 5.13. The van der Waals surface area contributed by atoms with Gasteiger partial charge in [0.05, 0.1) is 28.3 Å². The summed E-state index contributed by atoms with van der Waals surface area (Å²) in [6.45, 7) is 8.04. The molecule has 9 heteroatoms. The van der Waals surface area contributed by atoms with Crippen LogP contribution in [0.4, 0.5) is 5.13 Å². The van der Waals surface area contributed by atoms with Gasteiger partial charge in [-0.25, -0.2) is 13.4 Å². The number of anilines is 1. The van der Waals surface area contributed by atoms with E-state index in [1.807, 2.05) is 55.5 Å². The Bertz CT molecular complexity index is 1540. The van der Waals surface area contributed by atoms with Crippen molar-refractivity contribution in [2.45, 2.75) is 38.6 Å². The molecule has 204 valence electrons. The maximum Gasteiger partial charge on any atom is 0.260 e. The maximum atomic E-state index is 13.9. The molecule has 1 fully saturated rings. The molecule has 0 spiro atoms. The summed E-state index contributed by atoms with van der Waals surface area (Å²) in [5.41, 5.74) is 2.16. The maximum absolute atomic E-state index is 13.9. The highest BCUT2D eigenvalue weighted by Crippen LogP contribution is 2.33. The Kier molecular flexibility index (Phi) is 8.02. The average Bonchev–Trinajstić information content (AvgIpc) is 3.35. The number of carbonyl (C=O) groups excluding carboxylic acids is 1. The number of sulfonamides is 1. The number of fused-ring (bicyclic) bond motifs is 1.